The van der Waals surface area contributed by atoms with Gasteiger partial charge in [-0.2, -0.15) is 0 Å². The van der Waals surface area contributed by atoms with E-state index in [1.54, 1.807) is 11.3 Å². The van der Waals surface area contributed by atoms with E-state index in [1.807, 2.05) is 18.5 Å². The molecule has 7 nitrogen and oxygen atoms in total. The Kier molecular flexibility index (Phi) is 7.14. The molecule has 0 aromatic carbocycles. The summed E-state index contributed by atoms with van der Waals surface area (Å²) < 4.78 is 5.44. The lowest BCUT2D eigenvalue weighted by molar-refractivity contribution is 0.122. The van der Waals surface area contributed by atoms with Crippen molar-refractivity contribution >= 4 is 28.1 Å². The molecule has 0 radical (unpaired) electrons. The van der Waals surface area contributed by atoms with Crippen molar-refractivity contribution in [2.75, 3.05) is 49.6 Å². The largest absolute Gasteiger partial charge is 0.378 e. The van der Waals surface area contributed by atoms with Crippen LogP contribution in [0, 0.1) is 12.8 Å². The average molecular weight is 465 g/mol. The zero-order chi connectivity index (χ0) is 22.5. The molecule has 5 rings (SSSR count). The van der Waals surface area contributed by atoms with Crippen LogP contribution in [0.5, 0.6) is 0 Å². The van der Waals surface area contributed by atoms with Gasteiger partial charge in [0.15, 0.2) is 5.13 Å². The minimum absolute atomic E-state index is 0.688. The minimum atomic E-state index is 0.688. The molecule has 174 valence electrons. The van der Waals surface area contributed by atoms with Crippen LogP contribution in [-0.4, -0.2) is 59.2 Å². The molecule has 2 aliphatic heterocycles. The number of nitrogens with zero attached hydrogens (tertiary/aromatic N) is 5. The quantitative estimate of drug-likeness (QED) is 0.560. The average Bonchev–Trinajstić information content (AvgIpc) is 3.26. The highest BCUT2D eigenvalue weighted by molar-refractivity contribution is 7.15. The first-order valence-corrected chi connectivity index (χ1v) is 12.7. The Hall–Kier alpha value is -2.55. The molecule has 0 bridgehead atoms. The summed E-state index contributed by atoms with van der Waals surface area (Å²) in [6, 6.07) is 10.6. The molecule has 0 aliphatic carbocycles. The first kappa shape index (κ1) is 22.3. The number of nitrogens with one attached hydrogen (secondary N) is 1. The number of thiazole rings is 1. The Balaban J connectivity index is 1.09. The van der Waals surface area contributed by atoms with Crippen molar-refractivity contribution in [1.29, 1.82) is 0 Å². The van der Waals surface area contributed by atoms with Crippen LogP contribution >= 0.6 is 11.3 Å². The predicted molar refractivity (Wildman–Crippen MR) is 133 cm³/mol. The van der Waals surface area contributed by atoms with Crippen molar-refractivity contribution in [2.45, 2.75) is 32.7 Å². The second-order valence-electron chi connectivity index (χ2n) is 8.96. The molecular formula is C25H32N6OS. The monoisotopic (exact) mass is 464 g/mol. The first-order valence-electron chi connectivity index (χ1n) is 11.9. The number of aryl methyl sites for hydroxylation is 1. The van der Waals surface area contributed by atoms with Gasteiger partial charge in [-0.25, -0.2) is 15.0 Å². The molecule has 8 heteroatoms. The van der Waals surface area contributed by atoms with Gasteiger partial charge in [-0.05, 0) is 69.0 Å². The van der Waals surface area contributed by atoms with Crippen LogP contribution in [0.3, 0.4) is 0 Å². The van der Waals surface area contributed by atoms with Crippen molar-refractivity contribution in [3.63, 3.8) is 0 Å². The lowest BCUT2D eigenvalue weighted by Crippen LogP contribution is -2.36. The summed E-state index contributed by atoms with van der Waals surface area (Å²) in [6.45, 7) is 8.75. The molecule has 0 saturated carbocycles. The molecule has 0 spiro atoms. The van der Waals surface area contributed by atoms with E-state index in [-0.39, 0.29) is 0 Å². The van der Waals surface area contributed by atoms with E-state index < -0.39 is 0 Å². The number of piperidine rings is 1. The van der Waals surface area contributed by atoms with Gasteiger partial charge in [0, 0.05) is 42.6 Å². The normalized spacial score (nSPS) is 17.9. The summed E-state index contributed by atoms with van der Waals surface area (Å²) in [5.41, 5.74) is 2.46. The SMILES string of the molecule is Cc1cnc(Nc2cccc(CC3CCN(Cc4ccc(N5CCOCC5)nc4)CC3)n2)s1. The van der Waals surface area contributed by atoms with E-state index in [4.69, 9.17) is 14.7 Å². The molecular weight excluding hydrogens is 432 g/mol. The van der Waals surface area contributed by atoms with Gasteiger partial charge in [-0.15, -0.1) is 11.3 Å². The summed E-state index contributed by atoms with van der Waals surface area (Å²) in [4.78, 5) is 20.0. The lowest BCUT2D eigenvalue weighted by Gasteiger charge is -2.32. The number of ether oxygens (including phenoxy) is 1. The second-order valence-corrected chi connectivity index (χ2v) is 10.2. The van der Waals surface area contributed by atoms with Crippen LogP contribution in [0.2, 0.25) is 0 Å². The smallest absolute Gasteiger partial charge is 0.188 e. The van der Waals surface area contributed by atoms with Crippen LogP contribution in [-0.2, 0) is 17.7 Å². The van der Waals surface area contributed by atoms with Crippen LogP contribution < -0.4 is 10.2 Å². The van der Waals surface area contributed by atoms with Crippen molar-refractivity contribution in [1.82, 2.24) is 19.9 Å². The highest BCUT2D eigenvalue weighted by Gasteiger charge is 2.20. The van der Waals surface area contributed by atoms with E-state index >= 15 is 0 Å². The Morgan fingerprint density at radius 1 is 1.03 bits per heavy atom. The van der Waals surface area contributed by atoms with Crippen LogP contribution in [0.25, 0.3) is 0 Å². The predicted octanol–water partition coefficient (Wildman–Crippen LogP) is 4.28. The van der Waals surface area contributed by atoms with Crippen LogP contribution in [0.4, 0.5) is 16.8 Å². The number of morpholine rings is 1. The Labute approximate surface area is 199 Å². The molecule has 1 N–H and O–H groups in total. The van der Waals surface area contributed by atoms with Gasteiger partial charge in [0.05, 0.1) is 13.2 Å². The van der Waals surface area contributed by atoms with Crippen molar-refractivity contribution in [2.24, 2.45) is 5.92 Å². The topological polar surface area (TPSA) is 66.4 Å². The summed E-state index contributed by atoms with van der Waals surface area (Å²) >= 11 is 1.65. The van der Waals surface area contributed by atoms with Crippen molar-refractivity contribution < 1.29 is 4.74 Å². The van der Waals surface area contributed by atoms with Gasteiger partial charge in [0.2, 0.25) is 0 Å². The van der Waals surface area contributed by atoms with Crippen molar-refractivity contribution in [3.05, 3.63) is 58.9 Å². The maximum absolute atomic E-state index is 5.44. The fourth-order valence-electron chi connectivity index (χ4n) is 4.58. The Morgan fingerprint density at radius 2 is 1.88 bits per heavy atom. The molecule has 5 heterocycles. The molecule has 2 aliphatic rings. The summed E-state index contributed by atoms with van der Waals surface area (Å²) in [7, 11) is 0. The maximum atomic E-state index is 5.44. The minimum Gasteiger partial charge on any atom is -0.378 e. The van der Waals surface area contributed by atoms with Crippen LogP contribution in [0.1, 0.15) is 29.0 Å². The number of anilines is 3. The van der Waals surface area contributed by atoms with Gasteiger partial charge in [0.25, 0.3) is 0 Å². The molecule has 2 fully saturated rings. The summed E-state index contributed by atoms with van der Waals surface area (Å²) in [5, 5.41) is 4.24. The number of aromatic nitrogens is 3. The molecule has 3 aromatic heterocycles. The highest BCUT2D eigenvalue weighted by atomic mass is 32.1. The molecule has 0 atom stereocenters. The van der Waals surface area contributed by atoms with E-state index in [9.17, 15) is 0 Å². The number of likely N-dealkylation sites (tertiary alicyclic amines) is 1. The highest BCUT2D eigenvalue weighted by Crippen LogP contribution is 2.25. The third-order valence-corrected chi connectivity index (χ3v) is 7.25. The third-order valence-electron chi connectivity index (χ3n) is 6.42. The number of hydrogen-bond acceptors (Lipinski definition) is 8. The molecule has 3 aromatic rings. The van der Waals surface area contributed by atoms with E-state index in [0.717, 1.165) is 74.8 Å². The summed E-state index contributed by atoms with van der Waals surface area (Å²) in [6.07, 6.45) is 7.40. The maximum Gasteiger partial charge on any atom is 0.188 e. The fraction of sp³-hybridized carbons (Fsp3) is 0.480. The Morgan fingerprint density at radius 3 is 2.61 bits per heavy atom. The van der Waals surface area contributed by atoms with E-state index in [1.165, 1.54) is 23.3 Å². The van der Waals surface area contributed by atoms with Gasteiger partial charge < -0.3 is 15.0 Å². The zero-order valence-electron chi connectivity index (χ0n) is 19.2. The number of pyridine rings is 2. The zero-order valence-corrected chi connectivity index (χ0v) is 20.1. The molecule has 33 heavy (non-hydrogen) atoms. The number of hydrogen-bond donors (Lipinski definition) is 1. The second kappa shape index (κ2) is 10.6. The third kappa shape index (κ3) is 6.07. The fourth-order valence-corrected chi connectivity index (χ4v) is 5.25. The van der Waals surface area contributed by atoms with Gasteiger partial charge in [-0.1, -0.05) is 12.1 Å². The molecule has 0 amide bonds. The molecule has 0 unspecified atom stereocenters. The standard InChI is InChI=1S/C25H32N6OS/c1-19-16-27-25(33-19)29-23-4-2-3-22(28-23)15-20-7-9-30(10-8-20)18-21-5-6-24(26-17-21)31-11-13-32-14-12-31/h2-6,16-17,20H,7-15,18H2,1H3,(H,27,28,29). The van der Waals surface area contributed by atoms with Gasteiger partial charge in [-0.3, -0.25) is 4.90 Å². The number of rotatable bonds is 7. The van der Waals surface area contributed by atoms with E-state index in [2.05, 4.69) is 51.3 Å². The Bertz CT molecular complexity index is 1030. The molecule has 2 saturated heterocycles. The van der Waals surface area contributed by atoms with Gasteiger partial charge in [0.1, 0.15) is 11.6 Å². The van der Waals surface area contributed by atoms with Crippen molar-refractivity contribution in [3.8, 4) is 0 Å². The van der Waals surface area contributed by atoms with E-state index in [0.29, 0.717) is 5.92 Å². The first-order chi connectivity index (χ1) is 16.2. The lowest BCUT2D eigenvalue weighted by atomic mass is 9.92. The van der Waals surface area contributed by atoms with Gasteiger partial charge >= 0.3 is 0 Å². The van der Waals surface area contributed by atoms with Crippen LogP contribution in [0.15, 0.2) is 42.7 Å². The summed E-state index contributed by atoms with van der Waals surface area (Å²) in [5.74, 6) is 2.63.